The number of nitrogens with one attached hydrogen (secondary N) is 2. The summed E-state index contributed by atoms with van der Waals surface area (Å²) in [6, 6.07) is 16.1. The Labute approximate surface area is 195 Å². The Morgan fingerprint density at radius 1 is 1.15 bits per heavy atom. The SMILES string of the molecule is CN1Cc2cc(NC(=O)c3cccnc3NCc3ccc4c(c3)CCO4)ccc2C(C)(C)C1. The van der Waals surface area contributed by atoms with Crippen molar-refractivity contribution < 1.29 is 9.53 Å². The molecule has 0 saturated carbocycles. The van der Waals surface area contributed by atoms with Crippen LogP contribution < -0.4 is 15.4 Å². The van der Waals surface area contributed by atoms with Crippen LogP contribution in [0.2, 0.25) is 0 Å². The quantitative estimate of drug-likeness (QED) is 0.604. The molecular weight excluding hydrogens is 412 g/mol. The van der Waals surface area contributed by atoms with Gasteiger partial charge in [-0.15, -0.1) is 0 Å². The number of carbonyl (C=O) groups is 1. The second kappa shape index (κ2) is 8.52. The summed E-state index contributed by atoms with van der Waals surface area (Å²) in [4.78, 5) is 19.9. The monoisotopic (exact) mass is 442 g/mol. The number of carbonyl (C=O) groups excluding carboxylic acids is 1. The van der Waals surface area contributed by atoms with Gasteiger partial charge >= 0.3 is 0 Å². The molecule has 3 heterocycles. The van der Waals surface area contributed by atoms with E-state index in [4.69, 9.17) is 4.74 Å². The first kappa shape index (κ1) is 21.5. The summed E-state index contributed by atoms with van der Waals surface area (Å²) in [6.45, 7) is 7.77. The molecule has 0 aliphatic carbocycles. The van der Waals surface area contributed by atoms with Crippen LogP contribution in [0.15, 0.2) is 54.7 Å². The van der Waals surface area contributed by atoms with Gasteiger partial charge in [0.15, 0.2) is 0 Å². The second-order valence-electron chi connectivity index (χ2n) is 9.68. The summed E-state index contributed by atoms with van der Waals surface area (Å²) < 4.78 is 5.59. The van der Waals surface area contributed by atoms with Gasteiger partial charge in [0.1, 0.15) is 11.6 Å². The molecule has 0 unspecified atom stereocenters. The molecule has 0 radical (unpaired) electrons. The maximum atomic E-state index is 13.1. The molecular formula is C27H30N4O2. The first-order valence-corrected chi connectivity index (χ1v) is 11.5. The fourth-order valence-electron chi connectivity index (χ4n) is 5.03. The third-order valence-corrected chi connectivity index (χ3v) is 6.46. The van der Waals surface area contributed by atoms with E-state index in [-0.39, 0.29) is 11.3 Å². The molecule has 0 bridgehead atoms. The largest absolute Gasteiger partial charge is 0.493 e. The number of pyridine rings is 1. The van der Waals surface area contributed by atoms with Crippen molar-refractivity contribution in [3.05, 3.63) is 82.5 Å². The maximum absolute atomic E-state index is 13.1. The third kappa shape index (κ3) is 4.44. The van der Waals surface area contributed by atoms with E-state index in [1.807, 2.05) is 18.2 Å². The molecule has 0 saturated heterocycles. The van der Waals surface area contributed by atoms with E-state index in [9.17, 15) is 4.79 Å². The summed E-state index contributed by atoms with van der Waals surface area (Å²) in [5.41, 5.74) is 6.40. The van der Waals surface area contributed by atoms with Crippen molar-refractivity contribution in [3.63, 3.8) is 0 Å². The zero-order chi connectivity index (χ0) is 23.0. The number of aromatic nitrogens is 1. The molecule has 33 heavy (non-hydrogen) atoms. The van der Waals surface area contributed by atoms with Crippen molar-refractivity contribution in [2.24, 2.45) is 0 Å². The number of ether oxygens (including phenoxy) is 1. The number of fused-ring (bicyclic) bond motifs is 2. The van der Waals surface area contributed by atoms with Gasteiger partial charge in [-0.25, -0.2) is 4.98 Å². The molecule has 1 amide bonds. The minimum atomic E-state index is -0.170. The van der Waals surface area contributed by atoms with Crippen LogP contribution in [0.1, 0.15) is 46.5 Å². The Hall–Kier alpha value is -3.38. The van der Waals surface area contributed by atoms with Gasteiger partial charge in [-0.1, -0.05) is 32.0 Å². The van der Waals surface area contributed by atoms with E-state index in [0.29, 0.717) is 17.9 Å². The van der Waals surface area contributed by atoms with Crippen LogP contribution in [0, 0.1) is 0 Å². The topological polar surface area (TPSA) is 66.5 Å². The molecule has 2 aliphatic rings. The Morgan fingerprint density at radius 2 is 2.03 bits per heavy atom. The zero-order valence-corrected chi connectivity index (χ0v) is 19.4. The number of amides is 1. The summed E-state index contributed by atoms with van der Waals surface area (Å²) in [6.07, 6.45) is 2.64. The first-order valence-electron chi connectivity index (χ1n) is 11.5. The molecule has 3 aromatic rings. The highest BCUT2D eigenvalue weighted by Gasteiger charge is 2.30. The van der Waals surface area contributed by atoms with E-state index in [1.54, 1.807) is 18.3 Å². The van der Waals surface area contributed by atoms with Crippen molar-refractivity contribution in [1.29, 1.82) is 0 Å². The molecule has 0 fully saturated rings. The van der Waals surface area contributed by atoms with Crippen LogP contribution in [0.5, 0.6) is 5.75 Å². The minimum absolute atomic E-state index is 0.0923. The number of likely N-dealkylation sites (N-methyl/N-ethyl adjacent to an activating group) is 1. The molecule has 0 spiro atoms. The lowest BCUT2D eigenvalue weighted by Gasteiger charge is -2.38. The molecule has 6 heteroatoms. The predicted molar refractivity (Wildman–Crippen MR) is 131 cm³/mol. The van der Waals surface area contributed by atoms with E-state index in [2.05, 4.69) is 59.6 Å². The molecule has 2 aliphatic heterocycles. The van der Waals surface area contributed by atoms with Crippen LogP contribution in [-0.2, 0) is 24.9 Å². The molecule has 2 N–H and O–H groups in total. The van der Waals surface area contributed by atoms with Crippen LogP contribution in [-0.4, -0.2) is 36.0 Å². The lowest BCUT2D eigenvalue weighted by Crippen LogP contribution is -2.39. The average molecular weight is 443 g/mol. The second-order valence-corrected chi connectivity index (χ2v) is 9.68. The normalized spacial score (nSPS) is 16.5. The van der Waals surface area contributed by atoms with Crippen LogP contribution in [0.3, 0.4) is 0 Å². The van der Waals surface area contributed by atoms with Crippen molar-refractivity contribution in [2.75, 3.05) is 30.8 Å². The van der Waals surface area contributed by atoms with Gasteiger partial charge in [0.2, 0.25) is 0 Å². The zero-order valence-electron chi connectivity index (χ0n) is 19.4. The van der Waals surface area contributed by atoms with Crippen LogP contribution in [0.4, 0.5) is 11.5 Å². The molecule has 0 atom stereocenters. The fourth-order valence-corrected chi connectivity index (χ4v) is 5.03. The highest BCUT2D eigenvalue weighted by Crippen LogP contribution is 2.34. The first-order chi connectivity index (χ1) is 15.9. The molecule has 170 valence electrons. The van der Waals surface area contributed by atoms with Gasteiger partial charge in [0, 0.05) is 43.4 Å². The Balaban J connectivity index is 1.31. The number of benzene rings is 2. The van der Waals surface area contributed by atoms with Gasteiger partial charge in [0.05, 0.1) is 12.2 Å². The van der Waals surface area contributed by atoms with Gasteiger partial charge in [-0.3, -0.25) is 4.79 Å². The lowest BCUT2D eigenvalue weighted by molar-refractivity contribution is 0.102. The Kier molecular flexibility index (Phi) is 5.54. The van der Waals surface area contributed by atoms with Gasteiger partial charge < -0.3 is 20.3 Å². The van der Waals surface area contributed by atoms with Gasteiger partial charge in [-0.05, 0) is 59.6 Å². The third-order valence-electron chi connectivity index (χ3n) is 6.46. The Morgan fingerprint density at radius 3 is 2.91 bits per heavy atom. The van der Waals surface area contributed by atoms with Gasteiger partial charge in [-0.2, -0.15) is 0 Å². The smallest absolute Gasteiger partial charge is 0.259 e. The number of rotatable bonds is 5. The van der Waals surface area contributed by atoms with E-state index >= 15 is 0 Å². The van der Waals surface area contributed by atoms with Crippen molar-refractivity contribution >= 4 is 17.4 Å². The summed E-state index contributed by atoms with van der Waals surface area (Å²) in [7, 11) is 2.14. The van der Waals surface area contributed by atoms with Crippen LogP contribution >= 0.6 is 0 Å². The minimum Gasteiger partial charge on any atom is -0.493 e. The van der Waals surface area contributed by atoms with Crippen molar-refractivity contribution in [1.82, 2.24) is 9.88 Å². The van der Waals surface area contributed by atoms with E-state index in [1.165, 1.54) is 16.7 Å². The maximum Gasteiger partial charge on any atom is 0.259 e. The molecule has 6 nitrogen and oxygen atoms in total. The Bertz CT molecular complexity index is 1200. The summed E-state index contributed by atoms with van der Waals surface area (Å²) in [5.74, 6) is 1.37. The number of hydrogen-bond donors (Lipinski definition) is 2. The molecule has 5 rings (SSSR count). The predicted octanol–water partition coefficient (Wildman–Crippen LogP) is 4.60. The number of anilines is 2. The number of nitrogens with zero attached hydrogens (tertiary/aromatic N) is 2. The summed E-state index contributed by atoms with van der Waals surface area (Å²) in [5, 5.41) is 6.40. The lowest BCUT2D eigenvalue weighted by atomic mass is 9.78. The highest BCUT2D eigenvalue weighted by molar-refractivity contribution is 6.07. The molecule has 2 aromatic carbocycles. The van der Waals surface area contributed by atoms with Crippen molar-refractivity contribution in [3.8, 4) is 5.75 Å². The highest BCUT2D eigenvalue weighted by atomic mass is 16.5. The molecule has 1 aromatic heterocycles. The van der Waals surface area contributed by atoms with Gasteiger partial charge in [0.25, 0.3) is 5.91 Å². The standard InChI is InChI=1S/C27H30N4O2/c1-27(2)17-31(3)16-20-14-21(7-8-23(20)27)30-26(32)22-5-4-11-28-25(22)29-15-18-6-9-24-19(13-18)10-12-33-24/h4-9,11,13-14H,10,12,15-17H2,1-3H3,(H,28,29)(H,30,32). The summed E-state index contributed by atoms with van der Waals surface area (Å²) >= 11 is 0. The van der Waals surface area contributed by atoms with Crippen molar-refractivity contribution in [2.45, 2.75) is 38.8 Å². The van der Waals surface area contributed by atoms with E-state index < -0.39 is 0 Å². The number of hydrogen-bond acceptors (Lipinski definition) is 5. The fraction of sp³-hybridized carbons (Fsp3) is 0.333. The average Bonchev–Trinajstić information content (AvgIpc) is 3.25. The van der Waals surface area contributed by atoms with E-state index in [0.717, 1.165) is 43.1 Å². The van der Waals surface area contributed by atoms with Crippen LogP contribution in [0.25, 0.3) is 0 Å².